The molecule has 8 heteroatoms. The summed E-state index contributed by atoms with van der Waals surface area (Å²) >= 11 is 0. The van der Waals surface area contributed by atoms with Crippen molar-refractivity contribution in [2.45, 2.75) is 13.5 Å². The number of benzene rings is 3. The van der Waals surface area contributed by atoms with E-state index in [0.717, 1.165) is 10.5 Å². The molecule has 0 atom stereocenters. The molecule has 1 heterocycles. The predicted octanol–water partition coefficient (Wildman–Crippen LogP) is 3.70. The number of anilines is 1. The quantitative estimate of drug-likeness (QED) is 0.367. The van der Waals surface area contributed by atoms with E-state index in [1.807, 2.05) is 37.3 Å². The first-order valence-corrected chi connectivity index (χ1v) is 11.1. The van der Waals surface area contributed by atoms with Crippen LogP contribution < -0.4 is 9.64 Å². The van der Waals surface area contributed by atoms with Crippen molar-refractivity contribution in [3.05, 3.63) is 95.1 Å². The molecule has 0 saturated heterocycles. The Morgan fingerprint density at radius 2 is 1.57 bits per heavy atom. The normalized spacial score (nSPS) is 12.3. The van der Waals surface area contributed by atoms with Crippen molar-refractivity contribution in [1.82, 2.24) is 4.90 Å². The van der Waals surface area contributed by atoms with E-state index < -0.39 is 24.4 Å². The van der Waals surface area contributed by atoms with Crippen LogP contribution in [0.5, 0.6) is 5.75 Å². The Labute approximate surface area is 202 Å². The highest BCUT2D eigenvalue weighted by atomic mass is 16.5. The predicted molar refractivity (Wildman–Crippen MR) is 128 cm³/mol. The van der Waals surface area contributed by atoms with Gasteiger partial charge in [-0.3, -0.25) is 14.4 Å². The van der Waals surface area contributed by atoms with E-state index in [4.69, 9.17) is 9.47 Å². The Kier molecular flexibility index (Phi) is 6.91. The van der Waals surface area contributed by atoms with Crippen LogP contribution in [0.15, 0.2) is 72.8 Å². The third-order valence-corrected chi connectivity index (χ3v) is 5.54. The summed E-state index contributed by atoms with van der Waals surface area (Å²) < 4.78 is 10.6. The fourth-order valence-electron chi connectivity index (χ4n) is 3.73. The Morgan fingerprint density at radius 1 is 0.886 bits per heavy atom. The van der Waals surface area contributed by atoms with Crippen LogP contribution in [0.25, 0.3) is 0 Å². The van der Waals surface area contributed by atoms with Gasteiger partial charge in [-0.15, -0.1) is 0 Å². The number of imide groups is 1. The molecule has 1 aliphatic rings. The van der Waals surface area contributed by atoms with Crippen molar-refractivity contribution in [2.75, 3.05) is 25.2 Å². The number of carbonyl (C=O) groups is 4. The number of esters is 1. The number of ether oxygens (including phenoxy) is 2. The zero-order chi connectivity index (χ0) is 24.9. The highest BCUT2D eigenvalue weighted by Crippen LogP contribution is 2.30. The van der Waals surface area contributed by atoms with E-state index in [1.165, 1.54) is 23.1 Å². The van der Waals surface area contributed by atoms with Gasteiger partial charge in [-0.1, -0.05) is 30.3 Å². The number of hydrogen-bond donors (Lipinski definition) is 0. The van der Waals surface area contributed by atoms with Crippen molar-refractivity contribution in [2.24, 2.45) is 0 Å². The average Bonchev–Trinajstić information content (AvgIpc) is 3.12. The molecule has 1 aliphatic heterocycles. The maximum absolute atomic E-state index is 13.0. The zero-order valence-electron chi connectivity index (χ0n) is 19.4. The molecule has 4 rings (SSSR count). The van der Waals surface area contributed by atoms with Gasteiger partial charge in [-0.25, -0.2) is 9.69 Å². The van der Waals surface area contributed by atoms with E-state index in [9.17, 15) is 19.2 Å². The lowest BCUT2D eigenvalue weighted by atomic mass is 10.1. The van der Waals surface area contributed by atoms with E-state index >= 15 is 0 Å². The van der Waals surface area contributed by atoms with Gasteiger partial charge >= 0.3 is 5.97 Å². The van der Waals surface area contributed by atoms with Gasteiger partial charge in [0.1, 0.15) is 5.75 Å². The molecule has 8 nitrogen and oxygen atoms in total. The van der Waals surface area contributed by atoms with Crippen molar-refractivity contribution < 1.29 is 28.7 Å². The molecule has 178 valence electrons. The summed E-state index contributed by atoms with van der Waals surface area (Å²) in [6, 6.07) is 20.2. The molecule has 0 unspecified atom stereocenters. The minimum Gasteiger partial charge on any atom is -0.494 e. The minimum atomic E-state index is -0.756. The molecule has 35 heavy (non-hydrogen) atoms. The molecule has 0 aliphatic carbocycles. The second kappa shape index (κ2) is 10.2. The van der Waals surface area contributed by atoms with Crippen LogP contribution in [0.2, 0.25) is 0 Å². The van der Waals surface area contributed by atoms with Crippen LogP contribution >= 0.6 is 0 Å². The molecular weight excluding hydrogens is 448 g/mol. The first kappa shape index (κ1) is 23.7. The lowest BCUT2D eigenvalue weighted by Gasteiger charge is -2.17. The number of fused-ring (bicyclic) bond motifs is 1. The minimum absolute atomic E-state index is 0.0805. The standard InChI is InChI=1S/C27H24N2O6/c1-3-34-21-12-10-20(11-13-21)29-25(31)22-14-9-19(15-23(22)26(29)32)27(33)35-17-24(30)28(2)16-18-7-5-4-6-8-18/h4-15H,3,16-17H2,1-2H3. The van der Waals surface area contributed by atoms with Crippen LogP contribution in [0.4, 0.5) is 5.69 Å². The van der Waals surface area contributed by atoms with Crippen LogP contribution in [0.1, 0.15) is 43.6 Å². The highest BCUT2D eigenvalue weighted by molar-refractivity contribution is 6.34. The Bertz CT molecular complexity index is 1270. The summed E-state index contributed by atoms with van der Waals surface area (Å²) in [7, 11) is 1.62. The molecule has 3 aromatic rings. The summed E-state index contributed by atoms with van der Waals surface area (Å²) in [6.07, 6.45) is 0. The molecule has 0 radical (unpaired) electrons. The van der Waals surface area contributed by atoms with Gasteiger partial charge in [0, 0.05) is 13.6 Å². The van der Waals surface area contributed by atoms with Gasteiger partial charge in [0.25, 0.3) is 17.7 Å². The highest BCUT2D eigenvalue weighted by Gasteiger charge is 2.37. The first-order chi connectivity index (χ1) is 16.9. The molecule has 0 spiro atoms. The number of rotatable bonds is 8. The molecule has 0 N–H and O–H groups in total. The third kappa shape index (κ3) is 5.06. The number of amides is 3. The van der Waals surface area contributed by atoms with E-state index in [1.54, 1.807) is 31.3 Å². The summed E-state index contributed by atoms with van der Waals surface area (Å²) in [5.41, 5.74) is 1.73. The van der Waals surface area contributed by atoms with Crippen molar-refractivity contribution in [3.63, 3.8) is 0 Å². The number of hydrogen-bond acceptors (Lipinski definition) is 6. The molecule has 0 aromatic heterocycles. The Balaban J connectivity index is 1.42. The Hall–Kier alpha value is -4.46. The number of carbonyl (C=O) groups excluding carboxylic acids is 4. The number of likely N-dealkylation sites (N-methyl/N-ethyl adjacent to an activating group) is 1. The van der Waals surface area contributed by atoms with Gasteiger partial charge in [-0.05, 0) is 55.0 Å². The molecule has 0 bridgehead atoms. The monoisotopic (exact) mass is 472 g/mol. The molecule has 0 saturated carbocycles. The molecular formula is C27H24N2O6. The fraction of sp³-hybridized carbons (Fsp3) is 0.185. The SMILES string of the molecule is CCOc1ccc(N2C(=O)c3ccc(C(=O)OCC(=O)N(C)Cc4ccccc4)cc3C2=O)cc1. The van der Waals surface area contributed by atoms with Crippen LogP contribution in [0.3, 0.4) is 0 Å². The summed E-state index contributed by atoms with van der Waals surface area (Å²) in [5, 5.41) is 0. The molecule has 0 fully saturated rings. The fourth-order valence-corrected chi connectivity index (χ4v) is 3.73. The van der Waals surface area contributed by atoms with Crippen molar-refractivity contribution in [3.8, 4) is 5.75 Å². The van der Waals surface area contributed by atoms with Crippen LogP contribution in [-0.2, 0) is 16.1 Å². The maximum atomic E-state index is 13.0. The molecule has 3 amide bonds. The van der Waals surface area contributed by atoms with Crippen molar-refractivity contribution >= 4 is 29.4 Å². The maximum Gasteiger partial charge on any atom is 0.338 e. The molecule has 3 aromatic carbocycles. The summed E-state index contributed by atoms with van der Waals surface area (Å²) in [5.74, 6) is -1.51. The van der Waals surface area contributed by atoms with E-state index in [-0.39, 0.29) is 22.6 Å². The second-order valence-electron chi connectivity index (χ2n) is 7.94. The second-order valence-corrected chi connectivity index (χ2v) is 7.94. The lowest BCUT2D eigenvalue weighted by molar-refractivity contribution is -0.133. The van der Waals surface area contributed by atoms with Crippen molar-refractivity contribution in [1.29, 1.82) is 0 Å². The zero-order valence-corrected chi connectivity index (χ0v) is 19.4. The van der Waals surface area contributed by atoms with E-state index in [2.05, 4.69) is 0 Å². The lowest BCUT2D eigenvalue weighted by Crippen LogP contribution is -2.30. The topological polar surface area (TPSA) is 93.2 Å². The van der Waals surface area contributed by atoms with Gasteiger partial charge in [-0.2, -0.15) is 0 Å². The summed E-state index contributed by atoms with van der Waals surface area (Å²) in [4.78, 5) is 53.3. The Morgan fingerprint density at radius 3 is 2.26 bits per heavy atom. The van der Waals surface area contributed by atoms with Gasteiger partial charge in [0.15, 0.2) is 6.61 Å². The largest absolute Gasteiger partial charge is 0.494 e. The van der Waals surface area contributed by atoms with Gasteiger partial charge in [0.05, 0.1) is 29.0 Å². The first-order valence-electron chi connectivity index (χ1n) is 11.1. The average molecular weight is 472 g/mol. The van der Waals surface area contributed by atoms with Crippen LogP contribution in [-0.4, -0.2) is 48.9 Å². The summed E-state index contributed by atoms with van der Waals surface area (Å²) in [6.45, 7) is 2.30. The smallest absolute Gasteiger partial charge is 0.338 e. The van der Waals surface area contributed by atoms with Gasteiger partial charge < -0.3 is 14.4 Å². The van der Waals surface area contributed by atoms with Gasteiger partial charge in [0.2, 0.25) is 0 Å². The number of nitrogens with zero attached hydrogens (tertiary/aromatic N) is 2. The third-order valence-electron chi connectivity index (χ3n) is 5.54. The van der Waals surface area contributed by atoms with E-state index in [0.29, 0.717) is 24.6 Å². The van der Waals surface area contributed by atoms with Crippen LogP contribution in [0, 0.1) is 0 Å².